The van der Waals surface area contributed by atoms with E-state index >= 15 is 0 Å². The molecule has 0 aromatic carbocycles. The minimum atomic E-state index is -1.30. The van der Waals surface area contributed by atoms with E-state index in [0.29, 0.717) is 0 Å². The van der Waals surface area contributed by atoms with Crippen molar-refractivity contribution in [2.75, 3.05) is 0 Å². The molecular formula is C10H12O5. The van der Waals surface area contributed by atoms with Crippen molar-refractivity contribution in [3.8, 4) is 0 Å². The molecule has 0 radical (unpaired) electrons. The molecule has 5 nitrogen and oxygen atoms in total. The summed E-state index contributed by atoms with van der Waals surface area (Å²) in [6, 6.07) is 0. The average molecular weight is 212 g/mol. The normalized spacial score (nSPS) is 26.0. The van der Waals surface area contributed by atoms with Crippen molar-refractivity contribution in [2.24, 2.45) is 5.92 Å². The molecule has 5 heteroatoms. The molecule has 0 bridgehead atoms. The van der Waals surface area contributed by atoms with Gasteiger partial charge in [0, 0.05) is 18.4 Å². The van der Waals surface area contributed by atoms with Gasteiger partial charge in [0.1, 0.15) is 11.7 Å². The first-order valence-corrected chi connectivity index (χ1v) is 4.64. The number of carbonyl (C=O) groups excluding carboxylic acids is 2. The molecular weight excluding hydrogens is 200 g/mol. The molecule has 2 N–H and O–H groups in total. The van der Waals surface area contributed by atoms with Crippen molar-refractivity contribution in [3.05, 3.63) is 11.6 Å². The molecule has 82 valence electrons. The lowest BCUT2D eigenvalue weighted by molar-refractivity contribution is -0.139. The van der Waals surface area contributed by atoms with E-state index < -0.39 is 23.8 Å². The number of carbonyl (C=O) groups is 3. The van der Waals surface area contributed by atoms with E-state index in [4.69, 9.17) is 5.11 Å². The number of rotatable bonds is 3. The van der Waals surface area contributed by atoms with E-state index in [9.17, 15) is 19.5 Å². The third-order valence-electron chi connectivity index (χ3n) is 2.40. The second-order valence-corrected chi connectivity index (χ2v) is 3.43. The number of hydrogen-bond donors (Lipinski definition) is 2. The number of ketones is 2. The lowest BCUT2D eigenvalue weighted by Gasteiger charge is -2.22. The first-order valence-electron chi connectivity index (χ1n) is 4.64. The first kappa shape index (κ1) is 11.6. The number of carboxylic acid groups (broad SMARTS) is 1. The van der Waals surface area contributed by atoms with Crippen LogP contribution in [0.5, 0.6) is 0 Å². The fraction of sp³-hybridized carbons (Fsp3) is 0.500. The third-order valence-corrected chi connectivity index (χ3v) is 2.40. The van der Waals surface area contributed by atoms with Crippen LogP contribution in [0.1, 0.15) is 19.8 Å². The molecule has 0 saturated heterocycles. The summed E-state index contributed by atoms with van der Waals surface area (Å²) in [7, 11) is 0. The molecule has 1 aliphatic carbocycles. The summed E-state index contributed by atoms with van der Waals surface area (Å²) < 4.78 is 0. The molecule has 0 saturated carbocycles. The highest BCUT2D eigenvalue weighted by Gasteiger charge is 2.36. The molecule has 0 aromatic heterocycles. The van der Waals surface area contributed by atoms with Gasteiger partial charge in [0.05, 0.1) is 6.10 Å². The standard InChI is InChI=1S/C10H12O5/c1-2-6(11)9-7(12)3-5(10(14)15)4-8(9)13/h3,7,9,12H,2,4H2,1H3,(H,14,15). The van der Waals surface area contributed by atoms with Crippen LogP contribution in [0.25, 0.3) is 0 Å². The number of aliphatic hydroxyl groups excluding tert-OH is 1. The maximum atomic E-state index is 11.4. The highest BCUT2D eigenvalue weighted by molar-refractivity contribution is 6.08. The zero-order valence-corrected chi connectivity index (χ0v) is 8.27. The van der Waals surface area contributed by atoms with Crippen LogP contribution in [-0.4, -0.2) is 33.9 Å². The van der Waals surface area contributed by atoms with Crippen LogP contribution in [0, 0.1) is 5.92 Å². The number of carboxylic acids is 1. The summed E-state index contributed by atoms with van der Waals surface area (Å²) >= 11 is 0. The second kappa shape index (κ2) is 4.35. The lowest BCUT2D eigenvalue weighted by Crippen LogP contribution is -2.38. The first-order chi connectivity index (χ1) is 6.97. The molecule has 2 atom stereocenters. The Morgan fingerprint density at radius 3 is 2.53 bits per heavy atom. The molecule has 0 spiro atoms. The Hall–Kier alpha value is -1.49. The van der Waals surface area contributed by atoms with Crippen LogP contribution < -0.4 is 0 Å². The van der Waals surface area contributed by atoms with Crippen molar-refractivity contribution in [2.45, 2.75) is 25.9 Å². The van der Waals surface area contributed by atoms with E-state index in [1.54, 1.807) is 6.92 Å². The van der Waals surface area contributed by atoms with Gasteiger partial charge < -0.3 is 10.2 Å². The van der Waals surface area contributed by atoms with Gasteiger partial charge in [-0.1, -0.05) is 6.92 Å². The third kappa shape index (κ3) is 2.30. The topological polar surface area (TPSA) is 91.7 Å². The monoisotopic (exact) mass is 212 g/mol. The maximum absolute atomic E-state index is 11.4. The molecule has 15 heavy (non-hydrogen) atoms. The smallest absolute Gasteiger partial charge is 0.331 e. The highest BCUT2D eigenvalue weighted by Crippen LogP contribution is 2.22. The molecule has 0 fully saturated rings. The SMILES string of the molecule is CCC(=O)C1C(=O)CC(C(=O)O)=CC1O. The van der Waals surface area contributed by atoms with Gasteiger partial charge in [-0.2, -0.15) is 0 Å². The van der Waals surface area contributed by atoms with Gasteiger partial charge in [0.25, 0.3) is 0 Å². The zero-order chi connectivity index (χ0) is 11.6. The zero-order valence-electron chi connectivity index (χ0n) is 8.27. The Balaban J connectivity index is 2.95. The Bertz CT molecular complexity index is 342. The van der Waals surface area contributed by atoms with Gasteiger partial charge in [0.15, 0.2) is 5.78 Å². The Labute approximate surface area is 86.4 Å². The lowest BCUT2D eigenvalue weighted by atomic mass is 9.82. The van der Waals surface area contributed by atoms with E-state index in [1.807, 2.05) is 0 Å². The summed E-state index contributed by atoms with van der Waals surface area (Å²) in [5, 5.41) is 18.1. The van der Waals surface area contributed by atoms with Gasteiger partial charge >= 0.3 is 5.97 Å². The minimum Gasteiger partial charge on any atom is -0.478 e. The van der Waals surface area contributed by atoms with Crippen LogP contribution in [0.15, 0.2) is 11.6 Å². The molecule has 1 rings (SSSR count). The van der Waals surface area contributed by atoms with Gasteiger partial charge in [-0.15, -0.1) is 0 Å². The van der Waals surface area contributed by atoms with E-state index in [-0.39, 0.29) is 24.2 Å². The summed E-state index contributed by atoms with van der Waals surface area (Å²) in [4.78, 5) is 33.3. The highest BCUT2D eigenvalue weighted by atomic mass is 16.4. The molecule has 0 aromatic rings. The number of hydrogen-bond acceptors (Lipinski definition) is 4. The Morgan fingerprint density at radius 1 is 1.53 bits per heavy atom. The van der Waals surface area contributed by atoms with Crippen LogP contribution in [-0.2, 0) is 14.4 Å². The fourth-order valence-corrected chi connectivity index (χ4v) is 1.59. The Morgan fingerprint density at radius 2 is 2.13 bits per heavy atom. The predicted molar refractivity (Wildman–Crippen MR) is 50.1 cm³/mol. The quantitative estimate of drug-likeness (QED) is 0.639. The fourth-order valence-electron chi connectivity index (χ4n) is 1.59. The predicted octanol–water partition coefficient (Wildman–Crippen LogP) is -0.0736. The van der Waals surface area contributed by atoms with Crippen LogP contribution in [0.3, 0.4) is 0 Å². The average Bonchev–Trinajstić information content (AvgIpc) is 2.16. The molecule has 1 aliphatic rings. The number of aliphatic hydroxyl groups is 1. The van der Waals surface area contributed by atoms with Crippen molar-refractivity contribution in [3.63, 3.8) is 0 Å². The summed E-state index contributed by atoms with van der Waals surface area (Å²) in [5.74, 6) is -3.19. The maximum Gasteiger partial charge on any atom is 0.331 e. The second-order valence-electron chi connectivity index (χ2n) is 3.43. The van der Waals surface area contributed by atoms with Crippen LogP contribution in [0.2, 0.25) is 0 Å². The van der Waals surface area contributed by atoms with E-state index in [2.05, 4.69) is 0 Å². The van der Waals surface area contributed by atoms with Gasteiger partial charge in [-0.25, -0.2) is 4.79 Å². The van der Waals surface area contributed by atoms with E-state index in [0.717, 1.165) is 6.08 Å². The van der Waals surface area contributed by atoms with Gasteiger partial charge in [-0.05, 0) is 6.08 Å². The van der Waals surface area contributed by atoms with Crippen LogP contribution in [0.4, 0.5) is 0 Å². The van der Waals surface area contributed by atoms with Gasteiger partial charge in [-0.3, -0.25) is 9.59 Å². The van der Waals surface area contributed by atoms with Crippen molar-refractivity contribution < 1.29 is 24.6 Å². The summed E-state index contributed by atoms with van der Waals surface area (Å²) in [6.45, 7) is 1.60. The van der Waals surface area contributed by atoms with Crippen LogP contribution >= 0.6 is 0 Å². The van der Waals surface area contributed by atoms with Crippen molar-refractivity contribution in [1.29, 1.82) is 0 Å². The molecule has 0 heterocycles. The van der Waals surface area contributed by atoms with E-state index in [1.165, 1.54) is 0 Å². The summed E-state index contributed by atoms with van der Waals surface area (Å²) in [5.41, 5.74) is -0.146. The van der Waals surface area contributed by atoms with Gasteiger partial charge in [0.2, 0.25) is 0 Å². The molecule has 2 unspecified atom stereocenters. The minimum absolute atomic E-state index is 0.146. The van der Waals surface area contributed by atoms with Crippen molar-refractivity contribution in [1.82, 2.24) is 0 Å². The molecule has 0 aliphatic heterocycles. The largest absolute Gasteiger partial charge is 0.478 e. The molecule has 0 amide bonds. The summed E-state index contributed by atoms with van der Waals surface area (Å²) in [6.07, 6.45) is -0.362. The van der Waals surface area contributed by atoms with Crippen molar-refractivity contribution >= 4 is 17.5 Å². The number of aliphatic carboxylic acids is 1. The Kier molecular flexibility index (Phi) is 3.36. The number of Topliss-reactive ketones (excluding diaryl/α,β-unsaturated/α-hetero) is 2.